The maximum Gasteiger partial charge on any atom is 0.310 e. The lowest BCUT2D eigenvalue weighted by atomic mass is 10.2. The predicted octanol–water partition coefficient (Wildman–Crippen LogP) is 3.60. The van der Waals surface area contributed by atoms with E-state index in [9.17, 15) is 4.79 Å². The molecule has 0 saturated carbocycles. The fraction of sp³-hybridized carbons (Fsp3) is 0.231. The maximum absolute atomic E-state index is 10.6. The van der Waals surface area contributed by atoms with Gasteiger partial charge in [0, 0.05) is 10.9 Å². The van der Waals surface area contributed by atoms with Gasteiger partial charge in [-0.1, -0.05) is 0 Å². The van der Waals surface area contributed by atoms with E-state index in [1.54, 1.807) is 0 Å². The lowest BCUT2D eigenvalue weighted by Gasteiger charge is -2.06. The Labute approximate surface area is 123 Å². The van der Waals surface area contributed by atoms with Crippen molar-refractivity contribution in [3.63, 3.8) is 0 Å². The first-order valence-corrected chi connectivity index (χ1v) is 7.36. The largest absolute Gasteiger partial charge is 0.493 e. The first kappa shape index (κ1) is 14.0. The number of hydrogen-bond donors (Lipinski definition) is 1. The van der Waals surface area contributed by atoms with Gasteiger partial charge >= 0.3 is 5.97 Å². The monoisotopic (exact) mass is 341 g/mol. The minimum Gasteiger partial charge on any atom is -0.493 e. The zero-order valence-electron chi connectivity index (χ0n) is 10.2. The van der Waals surface area contributed by atoms with Crippen LogP contribution in [0.2, 0.25) is 0 Å². The van der Waals surface area contributed by atoms with E-state index in [1.165, 1.54) is 11.3 Å². The third-order valence-electron chi connectivity index (χ3n) is 2.38. The molecule has 0 aliphatic rings. The van der Waals surface area contributed by atoms with Gasteiger partial charge in [-0.3, -0.25) is 4.79 Å². The van der Waals surface area contributed by atoms with Crippen molar-refractivity contribution in [2.45, 2.75) is 13.3 Å². The first-order chi connectivity index (χ1) is 9.10. The summed E-state index contributed by atoms with van der Waals surface area (Å²) in [4.78, 5) is 14.9. The summed E-state index contributed by atoms with van der Waals surface area (Å²) in [7, 11) is 0. The Morgan fingerprint density at radius 3 is 2.95 bits per heavy atom. The smallest absolute Gasteiger partial charge is 0.310 e. The van der Waals surface area contributed by atoms with Gasteiger partial charge in [0.2, 0.25) is 0 Å². The van der Waals surface area contributed by atoms with Crippen LogP contribution in [0.1, 0.15) is 11.9 Å². The van der Waals surface area contributed by atoms with Gasteiger partial charge in [-0.05, 0) is 41.1 Å². The molecule has 2 aromatic rings. The summed E-state index contributed by atoms with van der Waals surface area (Å²) >= 11 is 4.80. The Balaban J connectivity index is 2.24. The average Bonchev–Trinajstić information content (AvgIpc) is 2.79. The van der Waals surface area contributed by atoms with Gasteiger partial charge in [-0.15, -0.1) is 11.3 Å². The number of carboxylic acids is 1. The van der Waals surface area contributed by atoms with Gasteiger partial charge in [-0.2, -0.15) is 0 Å². The summed E-state index contributed by atoms with van der Waals surface area (Å²) < 4.78 is 6.30. The molecule has 2 rings (SSSR count). The molecule has 0 saturated heterocycles. The second kappa shape index (κ2) is 6.16. The van der Waals surface area contributed by atoms with Crippen molar-refractivity contribution >= 4 is 33.2 Å². The van der Waals surface area contributed by atoms with Crippen molar-refractivity contribution in [3.05, 3.63) is 33.1 Å². The van der Waals surface area contributed by atoms with Crippen LogP contribution < -0.4 is 4.74 Å². The highest BCUT2D eigenvalue weighted by molar-refractivity contribution is 9.10. The van der Waals surface area contributed by atoms with E-state index in [2.05, 4.69) is 20.9 Å². The lowest BCUT2D eigenvalue weighted by Crippen LogP contribution is -1.99. The van der Waals surface area contributed by atoms with Crippen molar-refractivity contribution in [2.75, 3.05) is 6.61 Å². The van der Waals surface area contributed by atoms with E-state index >= 15 is 0 Å². The third-order valence-corrected chi connectivity index (χ3v) is 3.85. The fourth-order valence-corrected chi connectivity index (χ4v) is 2.87. The van der Waals surface area contributed by atoms with Crippen LogP contribution in [0.5, 0.6) is 5.75 Å². The molecule has 1 aromatic heterocycles. The molecular formula is C13H12BrNO3S. The molecule has 0 aliphatic heterocycles. The Bertz CT molecular complexity index is 597. The number of halogens is 1. The molecule has 0 fully saturated rings. The molecule has 0 unspecified atom stereocenters. The molecule has 1 N–H and O–H groups in total. The summed E-state index contributed by atoms with van der Waals surface area (Å²) in [6.45, 7) is 2.54. The molecule has 1 aromatic carbocycles. The van der Waals surface area contributed by atoms with Gasteiger partial charge in [-0.25, -0.2) is 4.98 Å². The van der Waals surface area contributed by atoms with Crippen LogP contribution in [-0.2, 0) is 11.2 Å². The van der Waals surface area contributed by atoms with Crippen molar-refractivity contribution in [3.8, 4) is 17.0 Å². The van der Waals surface area contributed by atoms with E-state index in [-0.39, 0.29) is 6.42 Å². The number of ether oxygens (including phenoxy) is 1. The summed E-state index contributed by atoms with van der Waals surface area (Å²) in [6, 6.07) is 5.71. The normalized spacial score (nSPS) is 10.4. The molecule has 19 heavy (non-hydrogen) atoms. The number of aromatic nitrogens is 1. The standard InChI is InChI=1S/C13H12BrNO3S/c1-2-18-11-4-3-8(5-9(11)14)10-7-19-12(15-10)6-13(16)17/h3-5,7H,2,6H2,1H3,(H,16,17). The fourth-order valence-electron chi connectivity index (χ4n) is 1.59. The van der Waals surface area contributed by atoms with Crippen LogP contribution in [0.3, 0.4) is 0 Å². The Morgan fingerprint density at radius 2 is 2.32 bits per heavy atom. The molecule has 100 valence electrons. The Kier molecular flexibility index (Phi) is 4.55. The zero-order valence-corrected chi connectivity index (χ0v) is 12.6. The van der Waals surface area contributed by atoms with Crippen LogP contribution in [0, 0.1) is 0 Å². The molecule has 0 radical (unpaired) electrons. The highest BCUT2D eigenvalue weighted by Gasteiger charge is 2.09. The van der Waals surface area contributed by atoms with Crippen LogP contribution in [-0.4, -0.2) is 22.7 Å². The highest BCUT2D eigenvalue weighted by Crippen LogP contribution is 2.31. The molecule has 6 heteroatoms. The Morgan fingerprint density at radius 1 is 1.53 bits per heavy atom. The lowest BCUT2D eigenvalue weighted by molar-refractivity contribution is -0.136. The first-order valence-electron chi connectivity index (χ1n) is 5.69. The highest BCUT2D eigenvalue weighted by atomic mass is 79.9. The predicted molar refractivity (Wildman–Crippen MR) is 77.8 cm³/mol. The van der Waals surface area contributed by atoms with Crippen molar-refractivity contribution in [2.24, 2.45) is 0 Å². The number of hydrogen-bond acceptors (Lipinski definition) is 4. The minimum atomic E-state index is -0.867. The number of rotatable bonds is 5. The van der Waals surface area contributed by atoms with Crippen LogP contribution in [0.15, 0.2) is 28.1 Å². The van der Waals surface area contributed by atoms with E-state index < -0.39 is 5.97 Å². The summed E-state index contributed by atoms with van der Waals surface area (Å²) in [5.74, 6) is -0.0824. The van der Waals surface area contributed by atoms with Crippen LogP contribution >= 0.6 is 27.3 Å². The van der Waals surface area contributed by atoms with E-state index in [0.717, 1.165) is 21.5 Å². The summed E-state index contributed by atoms with van der Waals surface area (Å²) in [5.41, 5.74) is 1.72. The number of carbonyl (C=O) groups is 1. The molecule has 0 aliphatic carbocycles. The Hall–Kier alpha value is -1.40. The van der Waals surface area contributed by atoms with Gasteiger partial charge in [0.05, 0.1) is 23.2 Å². The topological polar surface area (TPSA) is 59.4 Å². The van der Waals surface area contributed by atoms with E-state index in [0.29, 0.717) is 11.6 Å². The van der Waals surface area contributed by atoms with Gasteiger partial charge in [0.1, 0.15) is 10.8 Å². The van der Waals surface area contributed by atoms with Crippen molar-refractivity contribution < 1.29 is 14.6 Å². The number of carboxylic acid groups (broad SMARTS) is 1. The number of aliphatic carboxylic acids is 1. The van der Waals surface area contributed by atoms with Crippen molar-refractivity contribution in [1.82, 2.24) is 4.98 Å². The number of nitrogens with zero attached hydrogens (tertiary/aromatic N) is 1. The number of thiazole rings is 1. The van der Waals surface area contributed by atoms with E-state index in [1.807, 2.05) is 30.5 Å². The average molecular weight is 342 g/mol. The molecule has 4 nitrogen and oxygen atoms in total. The molecule has 0 bridgehead atoms. The number of benzene rings is 1. The van der Waals surface area contributed by atoms with Gasteiger partial charge in [0.25, 0.3) is 0 Å². The SMILES string of the molecule is CCOc1ccc(-c2csc(CC(=O)O)n2)cc1Br. The quantitative estimate of drug-likeness (QED) is 0.902. The van der Waals surface area contributed by atoms with E-state index in [4.69, 9.17) is 9.84 Å². The molecule has 0 spiro atoms. The maximum atomic E-state index is 10.6. The van der Waals surface area contributed by atoms with Gasteiger partial charge in [0.15, 0.2) is 0 Å². The third kappa shape index (κ3) is 3.54. The van der Waals surface area contributed by atoms with Crippen LogP contribution in [0.25, 0.3) is 11.3 Å². The molecular weight excluding hydrogens is 330 g/mol. The second-order valence-electron chi connectivity index (χ2n) is 3.78. The molecule has 0 atom stereocenters. The molecule has 0 amide bonds. The summed E-state index contributed by atoms with van der Waals surface area (Å²) in [5, 5.41) is 11.2. The second-order valence-corrected chi connectivity index (χ2v) is 5.57. The van der Waals surface area contributed by atoms with Crippen molar-refractivity contribution in [1.29, 1.82) is 0 Å². The minimum absolute atomic E-state index is 0.0388. The van der Waals surface area contributed by atoms with Gasteiger partial charge < -0.3 is 9.84 Å². The summed E-state index contributed by atoms with van der Waals surface area (Å²) in [6.07, 6.45) is -0.0388. The van der Waals surface area contributed by atoms with Crippen LogP contribution in [0.4, 0.5) is 0 Å². The molecule has 1 heterocycles. The zero-order chi connectivity index (χ0) is 13.8.